The van der Waals surface area contributed by atoms with Crippen molar-refractivity contribution in [1.29, 1.82) is 0 Å². The minimum absolute atomic E-state index is 0.139. The van der Waals surface area contributed by atoms with Gasteiger partial charge in [-0.2, -0.15) is 0 Å². The van der Waals surface area contributed by atoms with Crippen molar-refractivity contribution >= 4 is 11.8 Å². The number of ether oxygens (including phenoxy) is 1. The summed E-state index contributed by atoms with van der Waals surface area (Å²) >= 11 is 0. The van der Waals surface area contributed by atoms with Crippen LogP contribution in [0, 0.1) is 5.82 Å². The zero-order valence-electron chi connectivity index (χ0n) is 15.2. The number of amides is 2. The Labute approximate surface area is 161 Å². The number of primary amides is 1. The van der Waals surface area contributed by atoms with E-state index in [0.717, 1.165) is 11.1 Å². The number of methoxy groups -OCH3 is 1. The molecule has 0 atom stereocenters. The number of rotatable bonds is 6. The van der Waals surface area contributed by atoms with Crippen LogP contribution in [0.4, 0.5) is 4.39 Å². The second-order valence-corrected chi connectivity index (χ2v) is 6.14. The normalized spacial score (nSPS) is 10.4. The van der Waals surface area contributed by atoms with Crippen molar-refractivity contribution < 1.29 is 18.7 Å². The Morgan fingerprint density at radius 1 is 0.964 bits per heavy atom. The topological polar surface area (TPSA) is 81.4 Å². The van der Waals surface area contributed by atoms with Gasteiger partial charge in [0.15, 0.2) is 0 Å². The molecule has 6 heteroatoms. The fourth-order valence-electron chi connectivity index (χ4n) is 2.82. The molecule has 28 heavy (non-hydrogen) atoms. The Morgan fingerprint density at radius 2 is 1.64 bits per heavy atom. The van der Waals surface area contributed by atoms with E-state index in [1.807, 2.05) is 24.3 Å². The van der Waals surface area contributed by atoms with Crippen molar-refractivity contribution in [1.82, 2.24) is 5.32 Å². The summed E-state index contributed by atoms with van der Waals surface area (Å²) in [5.74, 6) is -1.18. The van der Waals surface area contributed by atoms with Gasteiger partial charge in [-0.05, 0) is 41.0 Å². The zero-order chi connectivity index (χ0) is 20.1. The third-order valence-electron chi connectivity index (χ3n) is 4.33. The molecular weight excluding hydrogens is 359 g/mol. The number of benzene rings is 3. The lowest BCUT2D eigenvalue weighted by molar-refractivity contribution is 0.0946. The second kappa shape index (κ2) is 8.35. The lowest BCUT2D eigenvalue weighted by Crippen LogP contribution is -2.23. The van der Waals surface area contributed by atoms with Crippen LogP contribution in [0.3, 0.4) is 0 Å². The average Bonchev–Trinajstić information content (AvgIpc) is 2.72. The highest BCUT2D eigenvalue weighted by Gasteiger charge is 2.12. The molecule has 2 amide bonds. The Morgan fingerprint density at radius 3 is 2.29 bits per heavy atom. The van der Waals surface area contributed by atoms with Crippen molar-refractivity contribution in [2.75, 3.05) is 7.11 Å². The van der Waals surface area contributed by atoms with Crippen molar-refractivity contribution in [3.63, 3.8) is 0 Å². The van der Waals surface area contributed by atoms with Crippen LogP contribution in [0.1, 0.15) is 26.3 Å². The van der Waals surface area contributed by atoms with Gasteiger partial charge in [-0.15, -0.1) is 0 Å². The Kier molecular flexibility index (Phi) is 5.69. The highest BCUT2D eigenvalue weighted by Crippen LogP contribution is 2.23. The first-order chi connectivity index (χ1) is 13.5. The first-order valence-corrected chi connectivity index (χ1v) is 8.59. The molecule has 0 fully saturated rings. The van der Waals surface area contributed by atoms with E-state index in [-0.39, 0.29) is 11.5 Å². The SMILES string of the molecule is COc1ccccc1C(=O)NCc1ccc(-c2ccc(C(N)=O)c(F)c2)cc1. The molecular formula is C22H19FN2O3. The van der Waals surface area contributed by atoms with E-state index in [0.29, 0.717) is 23.4 Å². The molecule has 0 saturated heterocycles. The predicted octanol–water partition coefficient (Wildman–Crippen LogP) is 3.53. The van der Waals surface area contributed by atoms with Gasteiger partial charge >= 0.3 is 0 Å². The maximum absolute atomic E-state index is 13.9. The van der Waals surface area contributed by atoms with Crippen LogP contribution in [0.2, 0.25) is 0 Å². The third-order valence-corrected chi connectivity index (χ3v) is 4.33. The van der Waals surface area contributed by atoms with Crippen LogP contribution in [0.25, 0.3) is 11.1 Å². The standard InChI is InChI=1S/C22H19FN2O3/c1-28-20-5-3-2-4-18(20)22(27)25-13-14-6-8-15(9-7-14)16-10-11-17(21(24)26)19(23)12-16/h2-12H,13H2,1H3,(H2,24,26)(H,25,27). The number of nitrogens with two attached hydrogens (primary N) is 1. The predicted molar refractivity (Wildman–Crippen MR) is 105 cm³/mol. The van der Waals surface area contributed by atoms with Crippen LogP contribution in [0.5, 0.6) is 5.75 Å². The van der Waals surface area contributed by atoms with E-state index in [1.165, 1.54) is 19.2 Å². The maximum Gasteiger partial charge on any atom is 0.255 e. The Balaban J connectivity index is 1.69. The van der Waals surface area contributed by atoms with Gasteiger partial charge < -0.3 is 15.8 Å². The quantitative estimate of drug-likeness (QED) is 0.688. The molecule has 0 aliphatic rings. The zero-order valence-corrected chi connectivity index (χ0v) is 15.2. The highest BCUT2D eigenvalue weighted by molar-refractivity contribution is 5.96. The number of para-hydroxylation sites is 1. The van der Waals surface area contributed by atoms with E-state index in [1.54, 1.807) is 30.3 Å². The largest absolute Gasteiger partial charge is 0.496 e. The van der Waals surface area contributed by atoms with Gasteiger partial charge in [-0.25, -0.2) is 4.39 Å². The molecule has 0 radical (unpaired) electrons. The number of hydrogen-bond acceptors (Lipinski definition) is 3. The molecule has 0 aliphatic carbocycles. The number of nitrogens with one attached hydrogen (secondary N) is 1. The van der Waals surface area contributed by atoms with Crippen molar-refractivity contribution in [3.8, 4) is 16.9 Å². The number of halogens is 1. The van der Waals surface area contributed by atoms with Gasteiger partial charge in [0.2, 0.25) is 0 Å². The van der Waals surface area contributed by atoms with Gasteiger partial charge in [-0.1, -0.05) is 42.5 Å². The van der Waals surface area contributed by atoms with Crippen molar-refractivity contribution in [2.45, 2.75) is 6.54 Å². The van der Waals surface area contributed by atoms with E-state index in [2.05, 4.69) is 5.32 Å². The summed E-state index contributed by atoms with van der Waals surface area (Å²) in [6.45, 7) is 0.339. The summed E-state index contributed by atoms with van der Waals surface area (Å²) in [5.41, 5.74) is 7.75. The Hall–Kier alpha value is -3.67. The summed E-state index contributed by atoms with van der Waals surface area (Å²) in [7, 11) is 1.52. The van der Waals surface area contributed by atoms with E-state index >= 15 is 0 Å². The summed E-state index contributed by atoms with van der Waals surface area (Å²) in [5, 5.41) is 2.85. The van der Waals surface area contributed by atoms with Crippen molar-refractivity contribution in [3.05, 3.63) is 89.2 Å². The number of hydrogen-bond donors (Lipinski definition) is 2. The molecule has 3 N–H and O–H groups in total. The van der Waals surface area contributed by atoms with Crippen LogP contribution in [0.15, 0.2) is 66.7 Å². The third kappa shape index (κ3) is 4.17. The molecule has 0 spiro atoms. The smallest absolute Gasteiger partial charge is 0.255 e. The van der Waals surface area contributed by atoms with Gasteiger partial charge in [0.1, 0.15) is 11.6 Å². The molecule has 0 bridgehead atoms. The fourth-order valence-corrected chi connectivity index (χ4v) is 2.82. The number of carbonyl (C=O) groups excluding carboxylic acids is 2. The average molecular weight is 378 g/mol. The highest BCUT2D eigenvalue weighted by atomic mass is 19.1. The lowest BCUT2D eigenvalue weighted by atomic mass is 10.0. The lowest BCUT2D eigenvalue weighted by Gasteiger charge is -2.10. The molecule has 3 rings (SSSR count). The fraction of sp³-hybridized carbons (Fsp3) is 0.0909. The van der Waals surface area contributed by atoms with Crippen LogP contribution < -0.4 is 15.8 Å². The molecule has 0 aliphatic heterocycles. The summed E-state index contributed by atoms with van der Waals surface area (Å²) in [4.78, 5) is 23.5. The first-order valence-electron chi connectivity index (χ1n) is 8.59. The molecule has 0 unspecified atom stereocenters. The second-order valence-electron chi connectivity index (χ2n) is 6.14. The monoisotopic (exact) mass is 378 g/mol. The number of carbonyl (C=O) groups is 2. The summed E-state index contributed by atoms with van der Waals surface area (Å²) < 4.78 is 19.1. The van der Waals surface area contributed by atoms with Crippen LogP contribution in [-0.2, 0) is 6.54 Å². The minimum atomic E-state index is -0.801. The molecule has 142 valence electrons. The summed E-state index contributed by atoms with van der Waals surface area (Å²) in [6, 6.07) is 18.6. The minimum Gasteiger partial charge on any atom is -0.496 e. The first kappa shape index (κ1) is 19.1. The maximum atomic E-state index is 13.9. The van der Waals surface area contributed by atoms with Crippen LogP contribution >= 0.6 is 0 Å². The van der Waals surface area contributed by atoms with Crippen LogP contribution in [-0.4, -0.2) is 18.9 Å². The van der Waals surface area contributed by atoms with E-state index in [9.17, 15) is 14.0 Å². The summed E-state index contributed by atoms with van der Waals surface area (Å²) in [6.07, 6.45) is 0. The Bertz CT molecular complexity index is 1020. The van der Waals surface area contributed by atoms with Gasteiger partial charge in [0, 0.05) is 6.54 Å². The molecule has 0 heterocycles. The van der Waals surface area contributed by atoms with E-state index < -0.39 is 11.7 Å². The molecule has 0 saturated carbocycles. The molecule has 0 aromatic heterocycles. The van der Waals surface area contributed by atoms with Gasteiger partial charge in [-0.3, -0.25) is 9.59 Å². The van der Waals surface area contributed by atoms with Gasteiger partial charge in [0.05, 0.1) is 18.2 Å². The van der Waals surface area contributed by atoms with Crippen molar-refractivity contribution in [2.24, 2.45) is 5.73 Å². The van der Waals surface area contributed by atoms with E-state index in [4.69, 9.17) is 10.5 Å². The molecule has 3 aromatic rings. The van der Waals surface area contributed by atoms with Gasteiger partial charge in [0.25, 0.3) is 11.8 Å². The molecule has 3 aromatic carbocycles. The molecule has 5 nitrogen and oxygen atoms in total.